The molecule has 1 atom stereocenters. The summed E-state index contributed by atoms with van der Waals surface area (Å²) in [4.78, 5) is 13.5. The summed E-state index contributed by atoms with van der Waals surface area (Å²) in [7, 11) is 1.82. The molecule has 1 amide bonds. The van der Waals surface area contributed by atoms with E-state index in [0.29, 0.717) is 0 Å². The second-order valence-corrected chi connectivity index (χ2v) is 3.99. The van der Waals surface area contributed by atoms with Crippen LogP contribution in [0.3, 0.4) is 0 Å². The second-order valence-electron chi connectivity index (χ2n) is 3.99. The van der Waals surface area contributed by atoms with Crippen LogP contribution in [0, 0.1) is 0 Å². The van der Waals surface area contributed by atoms with Crippen LogP contribution in [0.4, 0.5) is 0 Å². The van der Waals surface area contributed by atoms with E-state index in [-0.39, 0.29) is 16.9 Å². The molecule has 0 saturated heterocycles. The maximum Gasteiger partial charge on any atom is 0.243 e. The first kappa shape index (κ1) is 14.8. The van der Waals surface area contributed by atoms with Crippen molar-refractivity contribution in [2.45, 2.75) is 25.3 Å². The number of carbonyl (C=O) groups excluding carboxylic acids is 1. The van der Waals surface area contributed by atoms with Crippen molar-refractivity contribution in [3.63, 3.8) is 0 Å². The standard InChI is InChI=1S/C11H16N2O.2H2O/c1-13-7-6-8-4-2-3-5-9(8)10(12)11(13)14;;/h3,5,10H,2,4,6-7,12H2,1H3;2*1H2/t10-;;/m0../s1. The van der Waals surface area contributed by atoms with Crippen LogP contribution in [0.2, 0.25) is 0 Å². The summed E-state index contributed by atoms with van der Waals surface area (Å²) in [5, 5.41) is 0. The largest absolute Gasteiger partial charge is 0.412 e. The Hall–Kier alpha value is -1.17. The second kappa shape index (κ2) is 5.79. The van der Waals surface area contributed by atoms with Gasteiger partial charge in [0.05, 0.1) is 0 Å². The normalized spacial score (nSPS) is 24.2. The van der Waals surface area contributed by atoms with E-state index in [4.69, 9.17) is 5.73 Å². The zero-order valence-electron chi connectivity index (χ0n) is 9.49. The number of hydrogen-bond donors (Lipinski definition) is 1. The van der Waals surface area contributed by atoms with Crippen molar-refractivity contribution in [2.24, 2.45) is 5.73 Å². The Kier molecular flexibility index (Phi) is 5.37. The van der Waals surface area contributed by atoms with Gasteiger partial charge in [0.25, 0.3) is 0 Å². The zero-order chi connectivity index (χ0) is 10.1. The van der Waals surface area contributed by atoms with Gasteiger partial charge in [0.1, 0.15) is 6.04 Å². The molecule has 0 fully saturated rings. The number of hydrogen-bond acceptors (Lipinski definition) is 2. The van der Waals surface area contributed by atoms with E-state index in [1.54, 1.807) is 4.90 Å². The summed E-state index contributed by atoms with van der Waals surface area (Å²) < 4.78 is 0. The number of allylic oxidation sites excluding steroid dienone is 1. The molecule has 92 valence electrons. The quantitative estimate of drug-likeness (QED) is 0.584. The minimum atomic E-state index is -0.436. The fourth-order valence-corrected chi connectivity index (χ4v) is 2.11. The average Bonchev–Trinajstić information content (AvgIpc) is 2.32. The lowest BCUT2D eigenvalue weighted by Gasteiger charge is -2.18. The van der Waals surface area contributed by atoms with Crippen molar-refractivity contribution in [3.8, 4) is 0 Å². The first-order valence-corrected chi connectivity index (χ1v) is 5.09. The van der Waals surface area contributed by atoms with E-state index >= 15 is 0 Å². The van der Waals surface area contributed by atoms with E-state index in [2.05, 4.69) is 6.08 Å². The van der Waals surface area contributed by atoms with Gasteiger partial charge < -0.3 is 21.6 Å². The van der Waals surface area contributed by atoms with Crippen LogP contribution < -0.4 is 5.73 Å². The predicted octanol–water partition coefficient (Wildman–Crippen LogP) is -0.827. The number of carbonyl (C=O) groups is 1. The van der Waals surface area contributed by atoms with Crippen LogP contribution >= 0.6 is 0 Å². The third-order valence-corrected chi connectivity index (χ3v) is 3.04. The summed E-state index contributed by atoms with van der Waals surface area (Å²) in [5.74, 6) is 0.0431. The Morgan fingerprint density at radius 3 is 2.75 bits per heavy atom. The number of nitrogens with zero attached hydrogens (tertiary/aromatic N) is 1. The summed E-state index contributed by atoms with van der Waals surface area (Å²) in [6.45, 7) is 0.805. The van der Waals surface area contributed by atoms with Gasteiger partial charge >= 0.3 is 0 Å². The van der Waals surface area contributed by atoms with Crippen LogP contribution in [-0.2, 0) is 4.79 Å². The van der Waals surface area contributed by atoms with E-state index in [0.717, 1.165) is 31.4 Å². The van der Waals surface area contributed by atoms with Gasteiger partial charge in [0, 0.05) is 13.6 Å². The Bertz CT molecular complexity index is 323. The third kappa shape index (κ3) is 2.49. The molecule has 1 heterocycles. The molecule has 2 rings (SSSR count). The number of amides is 1. The van der Waals surface area contributed by atoms with Gasteiger partial charge in [-0.15, -0.1) is 0 Å². The van der Waals surface area contributed by atoms with Gasteiger partial charge in [0.2, 0.25) is 5.91 Å². The lowest BCUT2D eigenvalue weighted by Crippen LogP contribution is -2.41. The number of nitrogens with two attached hydrogens (primary N) is 1. The maximum absolute atomic E-state index is 11.7. The van der Waals surface area contributed by atoms with Gasteiger partial charge in [-0.3, -0.25) is 4.79 Å². The molecule has 0 bridgehead atoms. The van der Waals surface area contributed by atoms with Gasteiger partial charge in [-0.05, 0) is 24.8 Å². The number of rotatable bonds is 0. The topological polar surface area (TPSA) is 109 Å². The molecule has 0 aromatic heterocycles. The highest BCUT2D eigenvalue weighted by Crippen LogP contribution is 2.26. The molecule has 0 spiro atoms. The summed E-state index contributed by atoms with van der Waals surface area (Å²) in [6.07, 6.45) is 7.28. The Labute approximate surface area is 95.2 Å². The Morgan fingerprint density at radius 1 is 1.38 bits per heavy atom. The van der Waals surface area contributed by atoms with Crippen molar-refractivity contribution < 1.29 is 15.7 Å². The lowest BCUT2D eigenvalue weighted by atomic mass is 9.92. The van der Waals surface area contributed by atoms with E-state index in [9.17, 15) is 4.79 Å². The molecule has 0 aromatic rings. The molecule has 5 nitrogen and oxygen atoms in total. The molecule has 1 aliphatic heterocycles. The van der Waals surface area contributed by atoms with Crippen molar-refractivity contribution in [2.75, 3.05) is 13.6 Å². The Morgan fingerprint density at radius 2 is 2.06 bits per heavy atom. The summed E-state index contributed by atoms with van der Waals surface area (Å²) >= 11 is 0. The highest BCUT2D eigenvalue weighted by molar-refractivity contribution is 5.86. The fourth-order valence-electron chi connectivity index (χ4n) is 2.11. The summed E-state index contributed by atoms with van der Waals surface area (Å²) in [6, 6.07) is -0.436. The molecule has 0 unspecified atom stereocenters. The minimum Gasteiger partial charge on any atom is -0.412 e. The van der Waals surface area contributed by atoms with Crippen molar-refractivity contribution in [1.29, 1.82) is 0 Å². The summed E-state index contributed by atoms with van der Waals surface area (Å²) in [5.41, 5.74) is 8.36. The highest BCUT2D eigenvalue weighted by Gasteiger charge is 2.27. The van der Waals surface area contributed by atoms with E-state index in [1.807, 2.05) is 13.1 Å². The van der Waals surface area contributed by atoms with Crippen LogP contribution in [-0.4, -0.2) is 41.4 Å². The van der Waals surface area contributed by atoms with Gasteiger partial charge in [-0.1, -0.05) is 17.7 Å². The van der Waals surface area contributed by atoms with Gasteiger partial charge in [-0.25, -0.2) is 0 Å². The monoisotopic (exact) mass is 228 g/mol. The molecule has 0 radical (unpaired) electrons. The van der Waals surface area contributed by atoms with Crippen LogP contribution in [0.15, 0.2) is 23.3 Å². The van der Waals surface area contributed by atoms with Crippen LogP contribution in [0.5, 0.6) is 0 Å². The predicted molar refractivity (Wildman–Crippen MR) is 62.9 cm³/mol. The minimum absolute atomic E-state index is 0. The molecule has 0 saturated carbocycles. The molecule has 16 heavy (non-hydrogen) atoms. The molecule has 0 aromatic carbocycles. The van der Waals surface area contributed by atoms with Crippen molar-refractivity contribution in [3.05, 3.63) is 23.3 Å². The molecular formula is C11H20N2O3. The zero-order valence-corrected chi connectivity index (χ0v) is 9.49. The molecule has 6 N–H and O–H groups in total. The molecule has 2 aliphatic rings. The average molecular weight is 228 g/mol. The van der Waals surface area contributed by atoms with E-state index < -0.39 is 6.04 Å². The van der Waals surface area contributed by atoms with Crippen molar-refractivity contribution >= 4 is 5.91 Å². The van der Waals surface area contributed by atoms with Gasteiger partial charge in [-0.2, -0.15) is 0 Å². The lowest BCUT2D eigenvalue weighted by molar-refractivity contribution is -0.130. The first-order chi connectivity index (χ1) is 6.70. The number of likely N-dealkylation sites (N-methyl/N-ethyl adjacent to an activating group) is 1. The van der Waals surface area contributed by atoms with E-state index in [1.165, 1.54) is 5.57 Å². The van der Waals surface area contributed by atoms with Crippen LogP contribution in [0.25, 0.3) is 0 Å². The molecule has 1 aliphatic carbocycles. The maximum atomic E-state index is 11.7. The molecular weight excluding hydrogens is 208 g/mol. The smallest absolute Gasteiger partial charge is 0.243 e. The highest BCUT2D eigenvalue weighted by atomic mass is 16.2. The Balaban J connectivity index is 0.00000112. The van der Waals surface area contributed by atoms with Crippen LogP contribution in [0.1, 0.15) is 19.3 Å². The van der Waals surface area contributed by atoms with Crippen molar-refractivity contribution in [1.82, 2.24) is 4.90 Å². The SMILES string of the molecule is CN1CCC2=C(C=CCC2)[C@H](N)C1=O.O.O. The first-order valence-electron chi connectivity index (χ1n) is 5.09. The third-order valence-electron chi connectivity index (χ3n) is 3.04. The molecule has 5 heteroatoms. The van der Waals surface area contributed by atoms with Gasteiger partial charge in [0.15, 0.2) is 0 Å². The fraction of sp³-hybridized carbons (Fsp3) is 0.545.